The summed E-state index contributed by atoms with van der Waals surface area (Å²) in [7, 11) is 1.33. The minimum absolute atomic E-state index is 0.229. The van der Waals surface area contributed by atoms with Crippen molar-refractivity contribution >= 4 is 5.97 Å². The number of aryl methyl sites for hydroxylation is 2. The summed E-state index contributed by atoms with van der Waals surface area (Å²) in [6.07, 6.45) is 0. The third kappa shape index (κ3) is 1.80. The summed E-state index contributed by atoms with van der Waals surface area (Å²) in [5.74, 6) is -0.154. The lowest BCUT2D eigenvalue weighted by molar-refractivity contribution is 0.0600. The molecule has 0 aliphatic rings. The third-order valence-electron chi connectivity index (χ3n) is 1.91. The fourth-order valence-electron chi connectivity index (χ4n) is 1.19. The molecule has 0 bridgehead atoms. The molecule has 0 fully saturated rings. The van der Waals surface area contributed by atoms with Gasteiger partial charge in [0, 0.05) is 0 Å². The quantitative estimate of drug-likeness (QED) is 0.670. The molecular formula is C10H12O3. The van der Waals surface area contributed by atoms with Crippen LogP contribution in [0.25, 0.3) is 0 Å². The van der Waals surface area contributed by atoms with Crippen LogP contribution < -0.4 is 0 Å². The lowest BCUT2D eigenvalue weighted by Crippen LogP contribution is -2.02. The molecule has 0 saturated heterocycles. The highest BCUT2D eigenvalue weighted by Crippen LogP contribution is 2.22. The predicted molar refractivity (Wildman–Crippen MR) is 48.9 cm³/mol. The van der Waals surface area contributed by atoms with Gasteiger partial charge in [-0.25, -0.2) is 4.79 Å². The van der Waals surface area contributed by atoms with Crippen molar-refractivity contribution in [2.45, 2.75) is 13.8 Å². The molecular weight excluding hydrogens is 168 g/mol. The van der Waals surface area contributed by atoms with E-state index in [1.165, 1.54) is 7.11 Å². The van der Waals surface area contributed by atoms with Crippen molar-refractivity contribution in [2.75, 3.05) is 7.11 Å². The number of rotatable bonds is 1. The Morgan fingerprint density at radius 1 is 1.31 bits per heavy atom. The monoisotopic (exact) mass is 180 g/mol. The largest absolute Gasteiger partial charge is 0.507 e. The number of ether oxygens (including phenoxy) is 1. The Balaban J connectivity index is 3.20. The first kappa shape index (κ1) is 9.58. The molecule has 1 aromatic carbocycles. The van der Waals surface area contributed by atoms with Gasteiger partial charge in [-0.15, -0.1) is 0 Å². The number of methoxy groups -OCH3 is 1. The molecule has 0 amide bonds. The lowest BCUT2D eigenvalue weighted by Gasteiger charge is -2.05. The van der Waals surface area contributed by atoms with Crippen LogP contribution in [0.1, 0.15) is 21.5 Å². The smallest absolute Gasteiger partial charge is 0.337 e. The highest BCUT2D eigenvalue weighted by molar-refractivity contribution is 5.90. The van der Waals surface area contributed by atoms with Gasteiger partial charge >= 0.3 is 5.97 Å². The highest BCUT2D eigenvalue weighted by Gasteiger charge is 2.09. The number of esters is 1. The summed E-state index contributed by atoms with van der Waals surface area (Å²) < 4.78 is 4.57. The maximum absolute atomic E-state index is 11.1. The van der Waals surface area contributed by atoms with Crippen LogP contribution in [0.2, 0.25) is 0 Å². The Hall–Kier alpha value is -1.51. The normalized spacial score (nSPS) is 9.77. The zero-order chi connectivity index (χ0) is 10.0. The van der Waals surface area contributed by atoms with Gasteiger partial charge in [0.1, 0.15) is 5.75 Å². The van der Waals surface area contributed by atoms with Crippen LogP contribution in [0.3, 0.4) is 0 Å². The van der Waals surface area contributed by atoms with E-state index in [-0.39, 0.29) is 11.7 Å². The van der Waals surface area contributed by atoms with E-state index in [1.54, 1.807) is 26.0 Å². The van der Waals surface area contributed by atoms with Crippen molar-refractivity contribution < 1.29 is 14.6 Å². The molecule has 3 heteroatoms. The van der Waals surface area contributed by atoms with Crippen LogP contribution in [0.5, 0.6) is 5.75 Å². The molecule has 1 aromatic rings. The molecule has 0 spiro atoms. The van der Waals surface area contributed by atoms with Gasteiger partial charge in [-0.2, -0.15) is 0 Å². The van der Waals surface area contributed by atoms with Crippen molar-refractivity contribution in [1.82, 2.24) is 0 Å². The second-order valence-corrected chi connectivity index (χ2v) is 2.95. The van der Waals surface area contributed by atoms with Gasteiger partial charge < -0.3 is 9.84 Å². The van der Waals surface area contributed by atoms with Crippen LogP contribution in [-0.2, 0) is 4.74 Å². The molecule has 0 aromatic heterocycles. The Kier molecular flexibility index (Phi) is 2.56. The summed E-state index contributed by atoms with van der Waals surface area (Å²) in [4.78, 5) is 11.1. The molecule has 0 saturated carbocycles. The molecule has 13 heavy (non-hydrogen) atoms. The van der Waals surface area contributed by atoms with E-state index >= 15 is 0 Å². The van der Waals surface area contributed by atoms with E-state index in [4.69, 9.17) is 0 Å². The minimum Gasteiger partial charge on any atom is -0.507 e. The number of carbonyl (C=O) groups excluding carboxylic acids is 1. The van der Waals surface area contributed by atoms with Crippen molar-refractivity contribution in [3.63, 3.8) is 0 Å². The summed E-state index contributed by atoms with van der Waals surface area (Å²) >= 11 is 0. The molecule has 0 atom stereocenters. The number of benzene rings is 1. The summed E-state index contributed by atoms with van der Waals surface area (Å²) in [5, 5.41) is 9.43. The number of hydrogen-bond donors (Lipinski definition) is 1. The zero-order valence-corrected chi connectivity index (χ0v) is 7.92. The first-order valence-electron chi connectivity index (χ1n) is 3.94. The number of phenols is 1. The second-order valence-electron chi connectivity index (χ2n) is 2.95. The van der Waals surface area contributed by atoms with Gasteiger partial charge in [0.25, 0.3) is 0 Å². The van der Waals surface area contributed by atoms with Gasteiger partial charge in [0.15, 0.2) is 0 Å². The van der Waals surface area contributed by atoms with Gasteiger partial charge in [-0.05, 0) is 37.1 Å². The molecule has 0 heterocycles. The number of carbonyl (C=O) groups is 1. The van der Waals surface area contributed by atoms with E-state index in [0.717, 1.165) is 0 Å². The van der Waals surface area contributed by atoms with Gasteiger partial charge in [-0.1, -0.05) is 0 Å². The second kappa shape index (κ2) is 3.47. The van der Waals surface area contributed by atoms with E-state index in [2.05, 4.69) is 4.74 Å². The SMILES string of the molecule is COC(=O)c1cc(C)c(O)c(C)c1. The third-order valence-corrected chi connectivity index (χ3v) is 1.91. The maximum atomic E-state index is 11.1. The Labute approximate surface area is 77.0 Å². The Morgan fingerprint density at radius 2 is 1.77 bits per heavy atom. The van der Waals surface area contributed by atoms with Crippen LogP contribution >= 0.6 is 0 Å². The van der Waals surface area contributed by atoms with Crippen LogP contribution in [-0.4, -0.2) is 18.2 Å². The molecule has 3 nitrogen and oxygen atoms in total. The molecule has 1 rings (SSSR count). The topological polar surface area (TPSA) is 46.5 Å². The maximum Gasteiger partial charge on any atom is 0.337 e. The molecule has 1 N–H and O–H groups in total. The minimum atomic E-state index is -0.383. The average Bonchev–Trinajstić information content (AvgIpc) is 2.12. The number of aromatic hydroxyl groups is 1. The lowest BCUT2D eigenvalue weighted by atomic mass is 10.1. The van der Waals surface area contributed by atoms with Crippen LogP contribution in [0, 0.1) is 13.8 Å². The number of hydrogen-bond acceptors (Lipinski definition) is 3. The van der Waals surface area contributed by atoms with E-state index in [1.807, 2.05) is 0 Å². The molecule has 70 valence electrons. The van der Waals surface area contributed by atoms with Crippen LogP contribution in [0.4, 0.5) is 0 Å². The zero-order valence-electron chi connectivity index (χ0n) is 7.92. The van der Waals surface area contributed by atoms with Crippen molar-refractivity contribution in [2.24, 2.45) is 0 Å². The standard InChI is InChI=1S/C10H12O3/c1-6-4-8(10(12)13-3)5-7(2)9(6)11/h4-5,11H,1-3H3. The van der Waals surface area contributed by atoms with Crippen molar-refractivity contribution in [1.29, 1.82) is 0 Å². The van der Waals surface area contributed by atoms with E-state index < -0.39 is 0 Å². The predicted octanol–water partition coefficient (Wildman–Crippen LogP) is 1.80. The Morgan fingerprint density at radius 3 is 2.15 bits per heavy atom. The van der Waals surface area contributed by atoms with Gasteiger partial charge in [0.2, 0.25) is 0 Å². The summed E-state index contributed by atoms with van der Waals surface area (Å²) in [6.45, 7) is 3.49. The summed E-state index contributed by atoms with van der Waals surface area (Å²) in [6, 6.07) is 3.21. The van der Waals surface area contributed by atoms with E-state index in [0.29, 0.717) is 16.7 Å². The van der Waals surface area contributed by atoms with Crippen molar-refractivity contribution in [3.05, 3.63) is 28.8 Å². The highest BCUT2D eigenvalue weighted by atomic mass is 16.5. The van der Waals surface area contributed by atoms with Gasteiger partial charge in [0.05, 0.1) is 12.7 Å². The first-order chi connectivity index (χ1) is 6.06. The van der Waals surface area contributed by atoms with Crippen molar-refractivity contribution in [3.8, 4) is 5.75 Å². The first-order valence-corrected chi connectivity index (χ1v) is 3.94. The fourth-order valence-corrected chi connectivity index (χ4v) is 1.19. The molecule has 0 unspecified atom stereocenters. The molecule has 0 radical (unpaired) electrons. The molecule has 0 aliphatic carbocycles. The Bertz CT molecular complexity index is 319. The number of phenolic OH excluding ortho intramolecular Hbond substituents is 1. The molecule has 0 aliphatic heterocycles. The van der Waals surface area contributed by atoms with Crippen LogP contribution in [0.15, 0.2) is 12.1 Å². The van der Waals surface area contributed by atoms with Gasteiger partial charge in [-0.3, -0.25) is 0 Å². The summed E-state index contributed by atoms with van der Waals surface area (Å²) in [5.41, 5.74) is 1.83. The van der Waals surface area contributed by atoms with E-state index in [9.17, 15) is 9.90 Å². The average molecular weight is 180 g/mol. The fraction of sp³-hybridized carbons (Fsp3) is 0.300.